The molecule has 0 bridgehead atoms. The van der Waals surface area contributed by atoms with E-state index >= 15 is 0 Å². The molecule has 2 heterocycles. The van der Waals surface area contributed by atoms with Crippen molar-refractivity contribution in [3.63, 3.8) is 0 Å². The Hall–Kier alpha value is -2.98. The van der Waals surface area contributed by atoms with Crippen LogP contribution >= 0.6 is 11.3 Å². The molecule has 2 aromatic carbocycles. The van der Waals surface area contributed by atoms with Gasteiger partial charge < -0.3 is 5.32 Å². The summed E-state index contributed by atoms with van der Waals surface area (Å²) >= 11 is 1.56. The van der Waals surface area contributed by atoms with Crippen molar-refractivity contribution in [2.75, 3.05) is 11.6 Å². The molecule has 0 saturated heterocycles. The first kappa shape index (κ1) is 21.3. The number of rotatable bonds is 5. The highest BCUT2D eigenvalue weighted by Crippen LogP contribution is 2.32. The van der Waals surface area contributed by atoms with E-state index in [2.05, 4.69) is 15.3 Å². The Morgan fingerprint density at radius 2 is 1.74 bits per heavy atom. The van der Waals surface area contributed by atoms with E-state index in [1.807, 2.05) is 29.6 Å². The molecular weight excluding hydrogens is 447 g/mol. The van der Waals surface area contributed by atoms with Crippen LogP contribution in [0, 0.1) is 0 Å². The third-order valence-corrected chi connectivity index (χ3v) is 6.72. The molecule has 1 N–H and O–H groups in total. The van der Waals surface area contributed by atoms with Gasteiger partial charge in [-0.15, -0.1) is 11.3 Å². The van der Waals surface area contributed by atoms with Crippen molar-refractivity contribution in [3.05, 3.63) is 71.2 Å². The molecule has 160 valence electrons. The quantitative estimate of drug-likeness (QED) is 0.430. The first-order valence-corrected chi connectivity index (χ1v) is 11.8. The molecule has 4 aromatic rings. The van der Waals surface area contributed by atoms with Crippen LogP contribution in [0.2, 0.25) is 0 Å². The fraction of sp³-hybridized carbons (Fsp3) is 0.143. The third kappa shape index (κ3) is 4.70. The smallest absolute Gasteiger partial charge is 0.366 e. The minimum Gasteiger partial charge on any atom is -0.366 e. The Morgan fingerprint density at radius 1 is 1.03 bits per heavy atom. The maximum Gasteiger partial charge on any atom is 0.433 e. The zero-order chi connectivity index (χ0) is 22.2. The van der Waals surface area contributed by atoms with Crippen molar-refractivity contribution in [1.82, 2.24) is 9.97 Å². The molecule has 10 heteroatoms. The highest BCUT2D eigenvalue weighted by Gasteiger charge is 2.34. The Balaban J connectivity index is 1.68. The lowest BCUT2D eigenvalue weighted by atomic mass is 10.2. The molecule has 2 aromatic heterocycles. The topological polar surface area (TPSA) is 72.0 Å². The zero-order valence-electron chi connectivity index (χ0n) is 16.1. The molecule has 0 fully saturated rings. The molecule has 0 aliphatic heterocycles. The standard InChI is InChI=1S/C21H16F3N3O2S2/c1-31(28,29)15-8-6-13(7-9-15)20-26-18(21(22,23)24)10-19(27-20)25-11-14-12-30-17-5-3-2-4-16(14)17/h2-10,12H,11H2,1H3,(H,25,26,27). The van der Waals surface area contributed by atoms with Gasteiger partial charge in [0.05, 0.1) is 4.90 Å². The minimum absolute atomic E-state index is 0.0276. The Kier molecular flexibility index (Phi) is 5.44. The van der Waals surface area contributed by atoms with Gasteiger partial charge in [0.2, 0.25) is 0 Å². The number of alkyl halides is 3. The summed E-state index contributed by atoms with van der Waals surface area (Å²) in [5.74, 6) is -0.118. The number of fused-ring (bicyclic) bond motifs is 1. The van der Waals surface area contributed by atoms with E-state index in [1.54, 1.807) is 11.3 Å². The molecule has 0 aliphatic carbocycles. The second-order valence-electron chi connectivity index (χ2n) is 6.87. The van der Waals surface area contributed by atoms with Gasteiger partial charge >= 0.3 is 6.18 Å². The zero-order valence-corrected chi connectivity index (χ0v) is 17.8. The number of benzene rings is 2. The summed E-state index contributed by atoms with van der Waals surface area (Å²) in [7, 11) is -3.43. The molecule has 0 saturated carbocycles. The van der Waals surface area contributed by atoms with Crippen LogP contribution in [-0.2, 0) is 22.6 Å². The maximum atomic E-state index is 13.4. The van der Waals surface area contributed by atoms with Gasteiger partial charge in [0.15, 0.2) is 21.4 Å². The lowest BCUT2D eigenvalue weighted by Crippen LogP contribution is -2.12. The van der Waals surface area contributed by atoms with Gasteiger partial charge in [-0.25, -0.2) is 18.4 Å². The van der Waals surface area contributed by atoms with Crippen molar-refractivity contribution in [2.24, 2.45) is 0 Å². The minimum atomic E-state index is -4.66. The third-order valence-electron chi connectivity index (χ3n) is 4.58. The monoisotopic (exact) mass is 463 g/mol. The number of thiophene rings is 1. The average Bonchev–Trinajstić information content (AvgIpc) is 3.14. The van der Waals surface area contributed by atoms with Crippen LogP contribution in [0.5, 0.6) is 0 Å². The summed E-state index contributed by atoms with van der Waals surface area (Å²) in [6, 6.07) is 14.1. The number of sulfone groups is 1. The van der Waals surface area contributed by atoms with Crippen LogP contribution in [0.3, 0.4) is 0 Å². The molecule has 0 spiro atoms. The van der Waals surface area contributed by atoms with E-state index in [0.717, 1.165) is 28.0 Å². The van der Waals surface area contributed by atoms with Crippen molar-refractivity contribution >= 4 is 37.1 Å². The maximum absolute atomic E-state index is 13.4. The fourth-order valence-electron chi connectivity index (χ4n) is 3.02. The summed E-state index contributed by atoms with van der Waals surface area (Å²) in [5, 5.41) is 5.94. The predicted molar refractivity (Wildman–Crippen MR) is 115 cm³/mol. The molecule has 0 aliphatic rings. The number of halogens is 3. The van der Waals surface area contributed by atoms with E-state index in [1.165, 1.54) is 24.3 Å². The summed E-state index contributed by atoms with van der Waals surface area (Å²) in [4.78, 5) is 7.92. The van der Waals surface area contributed by atoms with Crippen LogP contribution in [0.15, 0.2) is 64.9 Å². The van der Waals surface area contributed by atoms with Gasteiger partial charge in [0.1, 0.15) is 5.82 Å². The van der Waals surface area contributed by atoms with Crippen molar-refractivity contribution < 1.29 is 21.6 Å². The van der Waals surface area contributed by atoms with Crippen molar-refractivity contribution in [2.45, 2.75) is 17.6 Å². The summed E-state index contributed by atoms with van der Waals surface area (Å²) in [5.41, 5.74) is 0.150. The lowest BCUT2D eigenvalue weighted by Gasteiger charge is -2.12. The first-order valence-electron chi connectivity index (χ1n) is 9.07. The van der Waals surface area contributed by atoms with Crippen LogP contribution in [0.4, 0.5) is 19.0 Å². The average molecular weight is 464 g/mol. The van der Waals surface area contributed by atoms with Gasteiger partial charge in [-0.1, -0.05) is 18.2 Å². The van der Waals surface area contributed by atoms with E-state index in [0.29, 0.717) is 6.54 Å². The van der Waals surface area contributed by atoms with Crippen LogP contribution in [-0.4, -0.2) is 24.6 Å². The van der Waals surface area contributed by atoms with Gasteiger partial charge in [-0.05, 0) is 46.7 Å². The van der Waals surface area contributed by atoms with Gasteiger partial charge in [0.25, 0.3) is 0 Å². The second kappa shape index (κ2) is 7.93. The number of nitrogens with zero attached hydrogens (tertiary/aromatic N) is 2. The van der Waals surface area contributed by atoms with Gasteiger partial charge in [-0.2, -0.15) is 13.2 Å². The highest BCUT2D eigenvalue weighted by atomic mass is 32.2. The summed E-state index contributed by atoms with van der Waals surface area (Å²) in [6.45, 7) is 0.296. The number of nitrogens with one attached hydrogen (secondary N) is 1. The molecule has 4 rings (SSSR count). The Labute approximate surface area is 180 Å². The normalized spacial score (nSPS) is 12.3. The highest BCUT2D eigenvalue weighted by molar-refractivity contribution is 7.90. The first-order chi connectivity index (χ1) is 14.6. The Morgan fingerprint density at radius 3 is 2.42 bits per heavy atom. The van der Waals surface area contributed by atoms with E-state index in [9.17, 15) is 21.6 Å². The van der Waals surface area contributed by atoms with Crippen LogP contribution in [0.1, 0.15) is 11.3 Å². The largest absolute Gasteiger partial charge is 0.433 e. The summed E-state index contributed by atoms with van der Waals surface area (Å²) in [6.07, 6.45) is -3.60. The number of hydrogen-bond acceptors (Lipinski definition) is 6. The van der Waals surface area contributed by atoms with Crippen LogP contribution in [0.25, 0.3) is 21.5 Å². The van der Waals surface area contributed by atoms with Gasteiger partial charge in [-0.3, -0.25) is 0 Å². The Bertz CT molecular complexity index is 1350. The van der Waals surface area contributed by atoms with E-state index in [4.69, 9.17) is 0 Å². The van der Waals surface area contributed by atoms with Crippen molar-refractivity contribution in [3.8, 4) is 11.4 Å². The second-order valence-corrected chi connectivity index (χ2v) is 9.79. The number of anilines is 1. The molecular formula is C21H16F3N3O2S2. The van der Waals surface area contributed by atoms with Crippen LogP contribution < -0.4 is 5.32 Å². The van der Waals surface area contributed by atoms with Gasteiger partial charge in [0, 0.05) is 29.1 Å². The molecule has 5 nitrogen and oxygen atoms in total. The lowest BCUT2D eigenvalue weighted by molar-refractivity contribution is -0.141. The number of hydrogen-bond donors (Lipinski definition) is 1. The molecule has 0 radical (unpaired) electrons. The molecule has 31 heavy (non-hydrogen) atoms. The van der Waals surface area contributed by atoms with E-state index < -0.39 is 21.7 Å². The molecule has 0 unspecified atom stereocenters. The number of aromatic nitrogens is 2. The summed E-state index contributed by atoms with van der Waals surface area (Å²) < 4.78 is 64.6. The predicted octanol–water partition coefficient (Wildman–Crippen LogP) is 5.39. The van der Waals surface area contributed by atoms with E-state index in [-0.39, 0.29) is 22.1 Å². The molecule has 0 atom stereocenters. The molecule has 0 amide bonds. The van der Waals surface area contributed by atoms with Crippen molar-refractivity contribution in [1.29, 1.82) is 0 Å². The SMILES string of the molecule is CS(=O)(=O)c1ccc(-c2nc(NCc3csc4ccccc34)cc(C(F)(F)F)n2)cc1. The fourth-order valence-corrected chi connectivity index (χ4v) is 4.61.